The minimum atomic E-state index is 0.109. The first-order chi connectivity index (χ1) is 19.1. The van der Waals surface area contributed by atoms with Crippen LogP contribution in [0.2, 0.25) is 40.2 Å². The molecule has 0 spiro atoms. The lowest BCUT2D eigenvalue weighted by Gasteiger charge is -2.20. The van der Waals surface area contributed by atoms with Gasteiger partial charge >= 0.3 is 0 Å². The van der Waals surface area contributed by atoms with Crippen molar-refractivity contribution in [3.05, 3.63) is 50.2 Å². The zero-order valence-electron chi connectivity index (χ0n) is 20.9. The molecule has 0 aliphatic carbocycles. The zero-order valence-corrected chi connectivity index (χ0v) is 28.6. The van der Waals surface area contributed by atoms with Gasteiger partial charge in [-0.15, -0.1) is 20.4 Å². The quantitative estimate of drug-likeness (QED) is 0.0905. The Morgan fingerprint density at radius 1 is 0.450 bits per heavy atom. The van der Waals surface area contributed by atoms with Crippen molar-refractivity contribution in [3.63, 3.8) is 0 Å². The van der Waals surface area contributed by atoms with E-state index in [1.807, 2.05) is 0 Å². The van der Waals surface area contributed by atoms with Gasteiger partial charge in [-0.2, -0.15) is 0 Å². The molecule has 0 bridgehead atoms. The number of unbranched alkanes of at least 4 members (excludes halogenated alkanes) is 2. The molecule has 3 aromatic carbocycles. The van der Waals surface area contributed by atoms with Gasteiger partial charge in [-0.3, -0.25) is 0 Å². The van der Waals surface area contributed by atoms with Crippen molar-refractivity contribution in [1.29, 1.82) is 0 Å². The van der Waals surface area contributed by atoms with Gasteiger partial charge in [0, 0.05) is 39.9 Å². The van der Waals surface area contributed by atoms with Crippen LogP contribution in [0, 0.1) is 0 Å². The van der Waals surface area contributed by atoms with Crippen molar-refractivity contribution in [1.82, 2.24) is 20.4 Å². The van der Waals surface area contributed by atoms with Gasteiger partial charge in [0.05, 0.1) is 45.7 Å². The summed E-state index contributed by atoms with van der Waals surface area (Å²) in [4.78, 5) is 0. The minimum absolute atomic E-state index is 0.109. The van der Waals surface area contributed by atoms with E-state index in [4.69, 9.17) is 92.8 Å². The number of aromatic nitrogens is 4. The van der Waals surface area contributed by atoms with Gasteiger partial charge in [0.2, 0.25) is 0 Å². The maximum absolute atomic E-state index is 7.13. The molecule has 5 rings (SSSR count). The molecule has 0 saturated carbocycles. The Kier molecular flexibility index (Phi) is 9.86. The van der Waals surface area contributed by atoms with E-state index in [-0.39, 0.29) is 40.2 Å². The highest BCUT2D eigenvalue weighted by Crippen LogP contribution is 2.57. The van der Waals surface area contributed by atoms with Gasteiger partial charge in [0.1, 0.15) is 15.0 Å². The third-order valence-corrected chi connectivity index (χ3v) is 11.8. The molecule has 0 aliphatic rings. The topological polar surface area (TPSA) is 51.6 Å². The van der Waals surface area contributed by atoms with Crippen LogP contribution in [0.5, 0.6) is 0 Å². The van der Waals surface area contributed by atoms with E-state index < -0.39 is 0 Å². The lowest BCUT2D eigenvalue weighted by molar-refractivity contribution is 0.780. The molecular weight excluding hydrogens is 716 g/mol. The Morgan fingerprint density at radius 3 is 1.43 bits per heavy atom. The zero-order chi connectivity index (χ0) is 28.9. The van der Waals surface area contributed by atoms with Crippen molar-refractivity contribution in [2.24, 2.45) is 0 Å². The summed E-state index contributed by atoms with van der Waals surface area (Å²) in [6.07, 6.45) is 5.59. The SMILES string of the molecule is CCCCc1nnc(-c2c(Cl)c(Cl)c3c(Cl)c(Cl)c4c(-c5nnc(CCCC)s5)c(Cl)c(Cl)c(Cl)c4c3c2Cl)s1. The standard InChI is InChI=1S/C26H18Cl8N4S2/c1-3-5-7-9-35-37-25(39-9)15-13-11(19(29)24(34)22(15)32)12-14(20(30)18(13)28)21(31)23(33)16(17(12)27)26-38-36-10(40-26)8-6-4-2/h3-8H2,1-2H3. The first-order valence-corrected chi connectivity index (χ1v) is 16.9. The number of nitrogens with zero attached hydrogens (tertiary/aromatic N) is 4. The predicted molar refractivity (Wildman–Crippen MR) is 177 cm³/mol. The summed E-state index contributed by atoms with van der Waals surface area (Å²) in [6, 6.07) is 0. The van der Waals surface area contributed by atoms with Gasteiger partial charge in [0.15, 0.2) is 5.01 Å². The fourth-order valence-corrected chi connectivity index (χ4v) is 8.84. The number of rotatable bonds is 8. The van der Waals surface area contributed by atoms with Gasteiger partial charge in [0.25, 0.3) is 0 Å². The van der Waals surface area contributed by atoms with E-state index in [0.29, 0.717) is 42.7 Å². The van der Waals surface area contributed by atoms with Crippen molar-refractivity contribution in [2.75, 3.05) is 0 Å². The van der Waals surface area contributed by atoms with Crippen LogP contribution in [0.25, 0.3) is 42.7 Å². The normalized spacial score (nSPS) is 11.8. The number of fused-ring (bicyclic) bond motifs is 3. The second kappa shape index (κ2) is 12.7. The highest BCUT2D eigenvalue weighted by molar-refractivity contribution is 7.15. The molecule has 0 fully saturated rings. The predicted octanol–water partition coefficient (Wildman–Crippen LogP) is 12.9. The molecule has 2 heterocycles. The van der Waals surface area contributed by atoms with Crippen molar-refractivity contribution in [2.45, 2.75) is 52.4 Å². The van der Waals surface area contributed by atoms with Crippen LogP contribution in [0.3, 0.4) is 0 Å². The number of benzene rings is 3. The van der Waals surface area contributed by atoms with Crippen LogP contribution in [-0.4, -0.2) is 20.4 Å². The summed E-state index contributed by atoms with van der Waals surface area (Å²) in [5.41, 5.74) is 0.879. The second-order valence-electron chi connectivity index (χ2n) is 8.97. The van der Waals surface area contributed by atoms with Gasteiger partial charge in [-0.25, -0.2) is 0 Å². The average molecular weight is 734 g/mol. The lowest BCUT2D eigenvalue weighted by Crippen LogP contribution is -1.94. The van der Waals surface area contributed by atoms with E-state index in [2.05, 4.69) is 34.2 Å². The highest BCUT2D eigenvalue weighted by atomic mass is 35.5. The molecule has 2 aromatic heterocycles. The summed E-state index contributed by atoms with van der Waals surface area (Å²) in [6.45, 7) is 4.23. The first-order valence-electron chi connectivity index (χ1n) is 12.2. The Hall–Kier alpha value is -0.380. The molecule has 40 heavy (non-hydrogen) atoms. The molecule has 5 aromatic rings. The Balaban J connectivity index is 1.90. The Labute approximate surface area is 278 Å². The van der Waals surface area contributed by atoms with Crippen LogP contribution in [0.15, 0.2) is 0 Å². The second-order valence-corrected chi connectivity index (χ2v) is 14.1. The smallest absolute Gasteiger partial charge is 0.143 e. The fourth-order valence-electron chi connectivity index (χ4n) is 4.39. The van der Waals surface area contributed by atoms with Crippen LogP contribution in [0.4, 0.5) is 0 Å². The first kappa shape index (κ1) is 31.1. The van der Waals surface area contributed by atoms with E-state index >= 15 is 0 Å². The third kappa shape index (κ3) is 5.29. The monoisotopic (exact) mass is 730 g/mol. The van der Waals surface area contributed by atoms with Crippen LogP contribution < -0.4 is 0 Å². The number of hydrogen-bond acceptors (Lipinski definition) is 6. The van der Waals surface area contributed by atoms with Crippen molar-refractivity contribution < 1.29 is 0 Å². The van der Waals surface area contributed by atoms with Crippen molar-refractivity contribution in [3.8, 4) is 21.1 Å². The Morgan fingerprint density at radius 2 is 0.875 bits per heavy atom. The molecule has 14 heteroatoms. The molecule has 0 aliphatic heterocycles. The summed E-state index contributed by atoms with van der Waals surface area (Å²) < 4.78 is 0. The third-order valence-electron chi connectivity index (χ3n) is 6.38. The van der Waals surface area contributed by atoms with Crippen LogP contribution >= 0.6 is 115 Å². The molecular formula is C26H18Cl8N4S2. The summed E-state index contributed by atoms with van der Waals surface area (Å²) >= 11 is 57.8. The van der Waals surface area contributed by atoms with E-state index in [9.17, 15) is 0 Å². The van der Waals surface area contributed by atoms with Crippen LogP contribution in [-0.2, 0) is 12.8 Å². The molecule has 0 unspecified atom stereocenters. The fraction of sp³-hybridized carbons (Fsp3) is 0.308. The van der Waals surface area contributed by atoms with Gasteiger partial charge in [-0.05, 0) is 12.8 Å². The lowest BCUT2D eigenvalue weighted by atomic mass is 9.96. The number of aryl methyl sites for hydroxylation is 2. The number of hydrogen-bond donors (Lipinski definition) is 0. The largest absolute Gasteiger partial charge is 0.150 e. The number of halogens is 8. The van der Waals surface area contributed by atoms with Crippen molar-refractivity contribution >= 4 is 137 Å². The van der Waals surface area contributed by atoms with E-state index in [1.54, 1.807) is 0 Å². The summed E-state index contributed by atoms with van der Waals surface area (Å²) in [5, 5.41) is 23.1. The average Bonchev–Trinajstić information content (AvgIpc) is 3.60. The molecule has 4 nitrogen and oxygen atoms in total. The summed E-state index contributed by atoms with van der Waals surface area (Å²) in [5.74, 6) is 0. The van der Waals surface area contributed by atoms with E-state index in [0.717, 1.165) is 48.5 Å². The molecule has 0 atom stereocenters. The molecule has 0 N–H and O–H groups in total. The molecule has 0 saturated heterocycles. The van der Waals surface area contributed by atoms with Crippen LogP contribution in [0.1, 0.15) is 49.5 Å². The minimum Gasteiger partial charge on any atom is -0.143 e. The Bertz CT molecular complexity index is 1780. The molecule has 0 radical (unpaired) electrons. The highest BCUT2D eigenvalue weighted by Gasteiger charge is 2.30. The molecule has 0 amide bonds. The maximum Gasteiger partial charge on any atom is 0.150 e. The maximum atomic E-state index is 7.13. The van der Waals surface area contributed by atoms with Gasteiger partial charge in [-0.1, -0.05) is 142 Å². The molecule has 210 valence electrons. The van der Waals surface area contributed by atoms with Gasteiger partial charge < -0.3 is 0 Å². The summed E-state index contributed by atoms with van der Waals surface area (Å²) in [7, 11) is 0. The van der Waals surface area contributed by atoms with E-state index in [1.165, 1.54) is 22.7 Å².